The summed E-state index contributed by atoms with van der Waals surface area (Å²) in [4.78, 5) is 2.03. The Morgan fingerprint density at radius 2 is 1.96 bits per heavy atom. The van der Waals surface area contributed by atoms with Crippen LogP contribution in [-0.2, 0) is 4.74 Å². The standard InChI is InChI=1S/C17H35N5O3/c1-10(6-11(2)25-15(23)12(3)13(4)18)22(5)9-21-16(20)17(24)7-14(19)8-17/h10-11,14-15,23-24H,6-9,18-19H2,1-5H3,(H2,20,21)/b13-12-. The number of hydrogen-bond acceptors (Lipinski definition) is 7. The summed E-state index contributed by atoms with van der Waals surface area (Å²) in [5.74, 6) is 0.118. The Bertz CT molecular complexity index is 487. The van der Waals surface area contributed by atoms with Crippen LogP contribution in [0.3, 0.4) is 0 Å². The first-order valence-electron chi connectivity index (χ1n) is 8.73. The number of nitrogens with one attached hydrogen (secondary N) is 2. The van der Waals surface area contributed by atoms with Gasteiger partial charge in [0.05, 0.1) is 12.8 Å². The van der Waals surface area contributed by atoms with E-state index in [-0.39, 0.29) is 24.0 Å². The number of allylic oxidation sites excluding steroid dienone is 1. The zero-order valence-electron chi connectivity index (χ0n) is 16.0. The lowest BCUT2D eigenvalue weighted by atomic mass is 9.75. The van der Waals surface area contributed by atoms with E-state index in [1.807, 2.05) is 25.8 Å². The Labute approximate surface area is 150 Å². The highest BCUT2D eigenvalue weighted by Gasteiger charge is 2.44. The Hall–Kier alpha value is -1.19. The Morgan fingerprint density at radius 1 is 1.40 bits per heavy atom. The molecule has 0 aromatic rings. The number of nitrogens with two attached hydrogens (primary N) is 2. The highest BCUT2D eigenvalue weighted by Crippen LogP contribution is 2.30. The van der Waals surface area contributed by atoms with Gasteiger partial charge < -0.3 is 31.7 Å². The van der Waals surface area contributed by atoms with Crippen molar-refractivity contribution in [2.75, 3.05) is 13.7 Å². The van der Waals surface area contributed by atoms with E-state index in [4.69, 9.17) is 21.6 Å². The molecule has 0 aliphatic heterocycles. The van der Waals surface area contributed by atoms with Crippen molar-refractivity contribution < 1.29 is 14.9 Å². The van der Waals surface area contributed by atoms with Crippen molar-refractivity contribution in [3.63, 3.8) is 0 Å². The molecule has 25 heavy (non-hydrogen) atoms. The van der Waals surface area contributed by atoms with Gasteiger partial charge in [-0.15, -0.1) is 0 Å². The van der Waals surface area contributed by atoms with Gasteiger partial charge in [-0.2, -0.15) is 0 Å². The van der Waals surface area contributed by atoms with Gasteiger partial charge >= 0.3 is 0 Å². The van der Waals surface area contributed by atoms with Crippen LogP contribution in [0.15, 0.2) is 11.3 Å². The maximum atomic E-state index is 10.2. The molecule has 146 valence electrons. The number of aliphatic hydroxyl groups excluding tert-OH is 1. The molecule has 0 heterocycles. The first-order chi connectivity index (χ1) is 11.5. The summed E-state index contributed by atoms with van der Waals surface area (Å²) in [5.41, 5.74) is 11.4. The van der Waals surface area contributed by atoms with Gasteiger partial charge in [0.15, 0.2) is 6.29 Å². The minimum atomic E-state index is -1.10. The first kappa shape index (κ1) is 21.9. The number of ether oxygens (including phenoxy) is 1. The molecule has 0 amide bonds. The molecule has 8 heteroatoms. The second-order valence-electron chi connectivity index (χ2n) is 7.42. The maximum Gasteiger partial charge on any atom is 0.179 e. The molecule has 3 atom stereocenters. The van der Waals surface area contributed by atoms with Gasteiger partial charge in [0.1, 0.15) is 11.4 Å². The average molecular weight is 357 g/mol. The maximum absolute atomic E-state index is 10.2. The summed E-state index contributed by atoms with van der Waals surface area (Å²) in [6.45, 7) is 7.86. The molecule has 8 N–H and O–H groups in total. The molecule has 0 aromatic carbocycles. The van der Waals surface area contributed by atoms with Crippen LogP contribution in [0.4, 0.5) is 0 Å². The smallest absolute Gasteiger partial charge is 0.179 e. The van der Waals surface area contributed by atoms with Crippen molar-refractivity contribution in [1.82, 2.24) is 10.2 Å². The molecular weight excluding hydrogens is 322 g/mol. The van der Waals surface area contributed by atoms with Crippen LogP contribution in [0.2, 0.25) is 0 Å². The lowest BCUT2D eigenvalue weighted by molar-refractivity contribution is -0.112. The predicted molar refractivity (Wildman–Crippen MR) is 98.8 cm³/mol. The van der Waals surface area contributed by atoms with Crippen LogP contribution < -0.4 is 16.8 Å². The van der Waals surface area contributed by atoms with E-state index in [2.05, 4.69) is 5.32 Å². The minimum Gasteiger partial charge on any atom is -0.402 e. The topological polar surface area (TPSA) is 141 Å². The Balaban J connectivity index is 2.37. The van der Waals surface area contributed by atoms with E-state index in [1.54, 1.807) is 13.8 Å². The summed E-state index contributed by atoms with van der Waals surface area (Å²) >= 11 is 0. The minimum absolute atomic E-state index is 0.0251. The van der Waals surface area contributed by atoms with E-state index in [0.717, 1.165) is 0 Å². The second kappa shape index (κ2) is 8.95. The third kappa shape index (κ3) is 6.23. The van der Waals surface area contributed by atoms with Gasteiger partial charge in [-0.05, 0) is 54.0 Å². The zero-order valence-corrected chi connectivity index (χ0v) is 16.0. The molecule has 0 spiro atoms. The number of aliphatic hydroxyl groups is 2. The molecule has 1 rings (SSSR count). The lowest BCUT2D eigenvalue weighted by Crippen LogP contribution is -2.61. The molecule has 0 saturated heterocycles. The summed E-state index contributed by atoms with van der Waals surface area (Å²) in [7, 11) is 1.93. The SMILES string of the molecule is C/C(N)=C(\C)C(O)OC(C)CC(C)N(C)CNC(=N)C1(O)CC(N)C1. The van der Waals surface area contributed by atoms with Crippen molar-refractivity contribution in [3.05, 3.63) is 11.3 Å². The average Bonchev–Trinajstić information content (AvgIpc) is 2.49. The summed E-state index contributed by atoms with van der Waals surface area (Å²) in [6, 6.07) is 0.131. The van der Waals surface area contributed by atoms with Crippen LogP contribution >= 0.6 is 0 Å². The largest absolute Gasteiger partial charge is 0.402 e. The van der Waals surface area contributed by atoms with Gasteiger partial charge in [0.25, 0.3) is 0 Å². The summed E-state index contributed by atoms with van der Waals surface area (Å²) < 4.78 is 5.59. The summed E-state index contributed by atoms with van der Waals surface area (Å²) in [6.07, 6.45) is 0.396. The predicted octanol–water partition coefficient (Wildman–Crippen LogP) is 0.0495. The molecule has 1 aliphatic carbocycles. The molecule has 0 bridgehead atoms. The quantitative estimate of drug-likeness (QED) is 0.194. The fourth-order valence-electron chi connectivity index (χ4n) is 2.77. The fourth-order valence-corrected chi connectivity index (χ4v) is 2.77. The van der Waals surface area contributed by atoms with Crippen LogP contribution in [0.1, 0.15) is 47.0 Å². The molecule has 0 radical (unpaired) electrons. The van der Waals surface area contributed by atoms with Gasteiger partial charge in [-0.3, -0.25) is 10.3 Å². The van der Waals surface area contributed by atoms with Gasteiger partial charge in [-0.1, -0.05) is 0 Å². The van der Waals surface area contributed by atoms with Crippen LogP contribution in [0.25, 0.3) is 0 Å². The van der Waals surface area contributed by atoms with Crippen molar-refractivity contribution in [1.29, 1.82) is 5.41 Å². The van der Waals surface area contributed by atoms with Gasteiger partial charge in [0, 0.05) is 23.4 Å². The molecule has 1 aliphatic rings. The lowest BCUT2D eigenvalue weighted by Gasteiger charge is -2.42. The monoisotopic (exact) mass is 357 g/mol. The zero-order chi connectivity index (χ0) is 19.4. The number of amidine groups is 1. The molecule has 8 nitrogen and oxygen atoms in total. The molecule has 3 unspecified atom stereocenters. The number of nitrogens with zero attached hydrogens (tertiary/aromatic N) is 1. The third-order valence-corrected chi connectivity index (χ3v) is 4.95. The highest BCUT2D eigenvalue weighted by molar-refractivity contribution is 5.88. The number of rotatable bonds is 9. The Kier molecular flexibility index (Phi) is 7.83. The third-order valence-electron chi connectivity index (χ3n) is 4.95. The van der Waals surface area contributed by atoms with Crippen molar-refractivity contribution in [2.24, 2.45) is 11.5 Å². The van der Waals surface area contributed by atoms with Crippen LogP contribution in [-0.4, -0.2) is 64.7 Å². The van der Waals surface area contributed by atoms with E-state index < -0.39 is 11.9 Å². The van der Waals surface area contributed by atoms with E-state index in [9.17, 15) is 10.2 Å². The molecule has 1 fully saturated rings. The van der Waals surface area contributed by atoms with Gasteiger partial charge in [0.2, 0.25) is 0 Å². The fraction of sp³-hybridized carbons (Fsp3) is 0.824. The molecule has 0 aromatic heterocycles. The van der Waals surface area contributed by atoms with E-state index in [1.165, 1.54) is 0 Å². The summed E-state index contributed by atoms with van der Waals surface area (Å²) in [5, 5.41) is 31.1. The van der Waals surface area contributed by atoms with Crippen molar-refractivity contribution >= 4 is 5.84 Å². The van der Waals surface area contributed by atoms with Crippen molar-refractivity contribution in [3.8, 4) is 0 Å². The molecular formula is C17H35N5O3. The van der Waals surface area contributed by atoms with E-state index in [0.29, 0.717) is 37.2 Å². The number of hydrogen-bond donors (Lipinski definition) is 6. The Morgan fingerprint density at radius 3 is 2.44 bits per heavy atom. The van der Waals surface area contributed by atoms with Gasteiger partial charge in [-0.25, -0.2) is 0 Å². The van der Waals surface area contributed by atoms with Crippen LogP contribution in [0, 0.1) is 5.41 Å². The van der Waals surface area contributed by atoms with Crippen molar-refractivity contribution in [2.45, 2.75) is 77.0 Å². The van der Waals surface area contributed by atoms with E-state index >= 15 is 0 Å². The second-order valence-corrected chi connectivity index (χ2v) is 7.42. The first-order valence-corrected chi connectivity index (χ1v) is 8.73. The highest BCUT2D eigenvalue weighted by atomic mass is 16.6. The molecule has 1 saturated carbocycles. The van der Waals surface area contributed by atoms with Crippen LogP contribution in [0.5, 0.6) is 0 Å². The normalized spacial score (nSPS) is 28.0.